The molecule has 0 saturated heterocycles. The zero-order valence-electron chi connectivity index (χ0n) is 15.7. The number of nitrogens with one attached hydrogen (secondary N) is 1. The van der Waals surface area contributed by atoms with E-state index in [1.165, 1.54) is 21.9 Å². The molecule has 0 spiro atoms. The number of aryl methyl sites for hydroxylation is 1. The zero-order chi connectivity index (χ0) is 20.1. The van der Waals surface area contributed by atoms with Crippen LogP contribution in [0.3, 0.4) is 0 Å². The number of carbonyl (C=O) groups is 1. The van der Waals surface area contributed by atoms with Gasteiger partial charge in [-0.3, -0.25) is 4.79 Å². The van der Waals surface area contributed by atoms with Gasteiger partial charge in [0.15, 0.2) is 0 Å². The molecule has 1 amide bonds. The highest BCUT2D eigenvalue weighted by Crippen LogP contribution is 2.26. The Morgan fingerprint density at radius 3 is 2.64 bits per heavy atom. The number of rotatable bonds is 8. The summed E-state index contributed by atoms with van der Waals surface area (Å²) in [5.74, 6) is 0.454. The molecule has 28 heavy (non-hydrogen) atoms. The molecule has 1 N–H and O–H groups in total. The number of hydrogen-bond donors (Lipinski definition) is 1. The van der Waals surface area contributed by atoms with Crippen LogP contribution in [0.5, 0.6) is 0 Å². The SMILES string of the molecule is CCC(=O)Nc1ccc(S(=O)(=O)N(Cc2ccsc2)Cc2ccco2)c(C)c1. The molecule has 0 aliphatic heterocycles. The van der Waals surface area contributed by atoms with E-state index in [0.29, 0.717) is 23.4 Å². The van der Waals surface area contributed by atoms with Gasteiger partial charge in [0.05, 0.1) is 17.7 Å². The molecule has 0 atom stereocenters. The van der Waals surface area contributed by atoms with E-state index in [-0.39, 0.29) is 23.9 Å². The van der Waals surface area contributed by atoms with E-state index < -0.39 is 10.0 Å². The molecule has 0 aliphatic carbocycles. The van der Waals surface area contributed by atoms with Crippen molar-refractivity contribution < 1.29 is 17.6 Å². The van der Waals surface area contributed by atoms with Gasteiger partial charge < -0.3 is 9.73 Å². The molecule has 6 nitrogen and oxygen atoms in total. The van der Waals surface area contributed by atoms with Crippen molar-refractivity contribution in [3.63, 3.8) is 0 Å². The van der Waals surface area contributed by atoms with Gasteiger partial charge in [-0.1, -0.05) is 6.92 Å². The van der Waals surface area contributed by atoms with Crippen molar-refractivity contribution in [3.05, 3.63) is 70.3 Å². The van der Waals surface area contributed by atoms with Gasteiger partial charge >= 0.3 is 0 Å². The van der Waals surface area contributed by atoms with Crippen LogP contribution < -0.4 is 5.32 Å². The van der Waals surface area contributed by atoms with Crippen molar-refractivity contribution in [1.82, 2.24) is 4.31 Å². The molecule has 8 heteroatoms. The Bertz CT molecular complexity index is 990. The number of carbonyl (C=O) groups excluding carboxylic acids is 1. The first-order valence-corrected chi connectivity index (χ1v) is 11.2. The van der Waals surface area contributed by atoms with Crippen LogP contribution in [-0.2, 0) is 27.9 Å². The first kappa shape index (κ1) is 20.3. The lowest BCUT2D eigenvalue weighted by Crippen LogP contribution is -2.30. The fourth-order valence-electron chi connectivity index (χ4n) is 2.79. The smallest absolute Gasteiger partial charge is 0.244 e. The minimum absolute atomic E-state index is 0.119. The number of sulfonamides is 1. The van der Waals surface area contributed by atoms with E-state index in [1.807, 2.05) is 16.8 Å². The quantitative estimate of drug-likeness (QED) is 0.588. The van der Waals surface area contributed by atoms with E-state index in [4.69, 9.17) is 4.42 Å². The zero-order valence-corrected chi connectivity index (χ0v) is 17.3. The second-order valence-electron chi connectivity index (χ2n) is 6.37. The van der Waals surface area contributed by atoms with Crippen molar-refractivity contribution >= 4 is 33.0 Å². The standard InChI is InChI=1S/C20H22N2O4S2/c1-3-20(23)21-17-6-7-19(15(2)11-17)28(24,25)22(12-16-8-10-27-14-16)13-18-5-4-9-26-18/h4-11,14H,3,12-13H2,1-2H3,(H,21,23). The number of furan rings is 1. The summed E-state index contributed by atoms with van der Waals surface area (Å²) in [5, 5.41) is 6.60. The lowest BCUT2D eigenvalue weighted by atomic mass is 10.2. The molecule has 0 fully saturated rings. The highest BCUT2D eigenvalue weighted by Gasteiger charge is 2.27. The van der Waals surface area contributed by atoms with Crippen LogP contribution in [0.2, 0.25) is 0 Å². The second-order valence-corrected chi connectivity index (χ2v) is 9.05. The van der Waals surface area contributed by atoms with E-state index >= 15 is 0 Å². The van der Waals surface area contributed by atoms with Crippen molar-refractivity contribution in [2.24, 2.45) is 0 Å². The van der Waals surface area contributed by atoms with Crippen molar-refractivity contribution in [3.8, 4) is 0 Å². The van der Waals surface area contributed by atoms with Gasteiger partial charge in [0.2, 0.25) is 15.9 Å². The third-order valence-electron chi connectivity index (χ3n) is 4.25. The van der Waals surface area contributed by atoms with Gasteiger partial charge in [-0.05, 0) is 65.2 Å². The molecule has 0 bridgehead atoms. The Balaban J connectivity index is 1.92. The number of hydrogen-bond acceptors (Lipinski definition) is 5. The molecule has 0 unspecified atom stereocenters. The third-order valence-corrected chi connectivity index (χ3v) is 6.93. The van der Waals surface area contributed by atoms with Crippen LogP contribution >= 0.6 is 11.3 Å². The maximum atomic E-state index is 13.4. The largest absolute Gasteiger partial charge is 0.468 e. The Kier molecular flexibility index (Phi) is 6.33. The second kappa shape index (κ2) is 8.72. The molecule has 3 rings (SSSR count). The molecule has 1 aromatic carbocycles. The number of amides is 1. The topological polar surface area (TPSA) is 79.6 Å². The summed E-state index contributed by atoms with van der Waals surface area (Å²) < 4.78 is 33.6. The number of nitrogens with zero attached hydrogens (tertiary/aromatic N) is 1. The molecule has 3 aromatic rings. The fourth-order valence-corrected chi connectivity index (χ4v) is 5.05. The van der Waals surface area contributed by atoms with Crippen LogP contribution in [0.25, 0.3) is 0 Å². The summed E-state index contributed by atoms with van der Waals surface area (Å²) in [5.41, 5.74) is 2.08. The number of thiophene rings is 1. The van der Waals surface area contributed by atoms with Crippen molar-refractivity contribution in [1.29, 1.82) is 0 Å². The molecule has 0 radical (unpaired) electrons. The summed E-state index contributed by atoms with van der Waals surface area (Å²) in [6.07, 6.45) is 1.89. The summed E-state index contributed by atoms with van der Waals surface area (Å²) in [6, 6.07) is 10.2. The predicted molar refractivity (Wildman–Crippen MR) is 110 cm³/mol. The van der Waals surface area contributed by atoms with Gasteiger partial charge in [-0.15, -0.1) is 0 Å². The average Bonchev–Trinajstić information content (AvgIpc) is 3.35. The summed E-state index contributed by atoms with van der Waals surface area (Å²) in [4.78, 5) is 11.8. The number of benzene rings is 1. The molecular weight excluding hydrogens is 396 g/mol. The lowest BCUT2D eigenvalue weighted by molar-refractivity contribution is -0.115. The summed E-state index contributed by atoms with van der Waals surface area (Å²) in [7, 11) is -3.77. The molecule has 0 saturated carbocycles. The third kappa shape index (κ3) is 4.70. The summed E-state index contributed by atoms with van der Waals surface area (Å²) >= 11 is 1.52. The van der Waals surface area contributed by atoms with Crippen LogP contribution in [0.1, 0.15) is 30.2 Å². The highest BCUT2D eigenvalue weighted by molar-refractivity contribution is 7.89. The maximum absolute atomic E-state index is 13.4. The molecule has 0 aliphatic rings. The van der Waals surface area contributed by atoms with Gasteiger partial charge in [-0.25, -0.2) is 8.42 Å². The molecule has 2 heterocycles. The van der Waals surface area contributed by atoms with Crippen LogP contribution in [-0.4, -0.2) is 18.6 Å². The molecule has 2 aromatic heterocycles. The van der Waals surface area contributed by atoms with E-state index in [0.717, 1.165) is 5.56 Å². The first-order chi connectivity index (χ1) is 13.4. The van der Waals surface area contributed by atoms with E-state index in [2.05, 4.69) is 5.32 Å². The van der Waals surface area contributed by atoms with Crippen LogP contribution in [0.15, 0.2) is 62.7 Å². The fraction of sp³-hybridized carbons (Fsp3) is 0.250. The molecular formula is C20H22N2O4S2. The number of anilines is 1. The first-order valence-electron chi connectivity index (χ1n) is 8.84. The van der Waals surface area contributed by atoms with Crippen molar-refractivity contribution in [2.75, 3.05) is 5.32 Å². The van der Waals surface area contributed by atoms with E-state index in [1.54, 1.807) is 44.2 Å². The highest BCUT2D eigenvalue weighted by atomic mass is 32.2. The molecule has 148 valence electrons. The van der Waals surface area contributed by atoms with Crippen molar-refractivity contribution in [2.45, 2.75) is 38.3 Å². The minimum Gasteiger partial charge on any atom is -0.468 e. The van der Waals surface area contributed by atoms with Gasteiger partial charge in [0.1, 0.15) is 5.76 Å². The average molecular weight is 419 g/mol. The maximum Gasteiger partial charge on any atom is 0.244 e. The Morgan fingerprint density at radius 2 is 2.04 bits per heavy atom. The van der Waals surface area contributed by atoms with Crippen LogP contribution in [0, 0.1) is 6.92 Å². The Hall–Kier alpha value is -2.42. The van der Waals surface area contributed by atoms with Gasteiger partial charge in [0.25, 0.3) is 0 Å². The minimum atomic E-state index is -3.77. The van der Waals surface area contributed by atoms with Gasteiger partial charge in [-0.2, -0.15) is 15.6 Å². The van der Waals surface area contributed by atoms with Crippen LogP contribution in [0.4, 0.5) is 5.69 Å². The predicted octanol–water partition coefficient (Wildman–Crippen LogP) is 4.39. The summed E-state index contributed by atoms with van der Waals surface area (Å²) in [6.45, 7) is 3.88. The lowest BCUT2D eigenvalue weighted by Gasteiger charge is -2.22. The van der Waals surface area contributed by atoms with E-state index in [9.17, 15) is 13.2 Å². The Morgan fingerprint density at radius 1 is 1.21 bits per heavy atom. The Labute approximate surface area is 168 Å². The normalized spacial score (nSPS) is 11.7. The monoisotopic (exact) mass is 418 g/mol. The van der Waals surface area contributed by atoms with Gasteiger partial charge in [0, 0.05) is 18.7 Å².